The molecule has 8 heteroatoms. The van der Waals surface area contributed by atoms with Crippen molar-refractivity contribution < 1.29 is 18.3 Å². The summed E-state index contributed by atoms with van der Waals surface area (Å²) in [6.45, 7) is 1.47. The Bertz CT molecular complexity index is 574. The van der Waals surface area contributed by atoms with Gasteiger partial charge in [0.25, 0.3) is 0 Å². The Labute approximate surface area is 121 Å². The van der Waals surface area contributed by atoms with Crippen LogP contribution in [-0.2, 0) is 14.8 Å². The Morgan fingerprint density at radius 2 is 2.05 bits per heavy atom. The quantitative estimate of drug-likeness (QED) is 0.841. The summed E-state index contributed by atoms with van der Waals surface area (Å²) in [5.74, 6) is -1.84. The van der Waals surface area contributed by atoms with Crippen LogP contribution in [-0.4, -0.2) is 26.0 Å². The molecule has 0 saturated carbocycles. The van der Waals surface area contributed by atoms with Gasteiger partial charge in [0.05, 0.1) is 16.0 Å². The van der Waals surface area contributed by atoms with E-state index in [0.717, 1.165) is 0 Å². The molecule has 1 rings (SSSR count). The highest BCUT2D eigenvalue weighted by Crippen LogP contribution is 2.28. The number of benzene rings is 1. The number of hydrogen-bond donors (Lipinski definition) is 2. The summed E-state index contributed by atoms with van der Waals surface area (Å²) in [5, 5.41) is 8.89. The van der Waals surface area contributed by atoms with Crippen LogP contribution in [0.25, 0.3) is 0 Å². The standard InChI is InChI=1S/C11H13Cl2NO4S/c1-2-7(11(15)16)6-14-19(17,18)9-5-3-4-8(12)10(9)13/h3-5,7,14H,2,6H2,1H3,(H,15,16). The largest absolute Gasteiger partial charge is 0.481 e. The zero-order valence-corrected chi connectivity index (χ0v) is 12.4. The van der Waals surface area contributed by atoms with Crippen LogP contribution in [0, 0.1) is 5.92 Å². The lowest BCUT2D eigenvalue weighted by Gasteiger charge is -2.12. The van der Waals surface area contributed by atoms with E-state index in [9.17, 15) is 13.2 Å². The number of carbonyl (C=O) groups is 1. The van der Waals surface area contributed by atoms with Gasteiger partial charge in [0, 0.05) is 6.54 Å². The van der Waals surface area contributed by atoms with Gasteiger partial charge < -0.3 is 5.11 Å². The first-order chi connectivity index (χ1) is 8.79. The lowest BCUT2D eigenvalue weighted by Crippen LogP contribution is -2.32. The molecule has 0 radical (unpaired) electrons. The fourth-order valence-electron chi connectivity index (χ4n) is 1.39. The molecule has 0 saturated heterocycles. The highest BCUT2D eigenvalue weighted by atomic mass is 35.5. The Morgan fingerprint density at radius 1 is 1.42 bits per heavy atom. The van der Waals surface area contributed by atoms with Gasteiger partial charge in [-0.15, -0.1) is 0 Å². The first kappa shape index (κ1) is 16.2. The van der Waals surface area contributed by atoms with Gasteiger partial charge in [0.1, 0.15) is 4.90 Å². The van der Waals surface area contributed by atoms with E-state index >= 15 is 0 Å². The molecule has 0 aliphatic heterocycles. The van der Waals surface area contributed by atoms with Crippen molar-refractivity contribution in [2.45, 2.75) is 18.2 Å². The van der Waals surface area contributed by atoms with E-state index < -0.39 is 21.9 Å². The van der Waals surface area contributed by atoms with Gasteiger partial charge in [0.15, 0.2) is 0 Å². The molecule has 1 atom stereocenters. The summed E-state index contributed by atoms with van der Waals surface area (Å²) in [4.78, 5) is 10.7. The fraction of sp³-hybridized carbons (Fsp3) is 0.364. The smallest absolute Gasteiger partial charge is 0.307 e. The van der Waals surface area contributed by atoms with E-state index in [1.54, 1.807) is 6.92 Å². The SMILES string of the molecule is CCC(CNS(=O)(=O)c1cccc(Cl)c1Cl)C(=O)O. The molecule has 0 aliphatic rings. The number of carboxylic acid groups (broad SMARTS) is 1. The van der Waals surface area contributed by atoms with Crippen molar-refractivity contribution >= 4 is 39.2 Å². The average molecular weight is 326 g/mol. The van der Waals surface area contributed by atoms with E-state index in [1.807, 2.05) is 0 Å². The van der Waals surface area contributed by atoms with Crippen LogP contribution < -0.4 is 4.72 Å². The van der Waals surface area contributed by atoms with Crippen LogP contribution in [0.4, 0.5) is 0 Å². The van der Waals surface area contributed by atoms with Crippen molar-refractivity contribution in [2.24, 2.45) is 5.92 Å². The predicted molar refractivity (Wildman–Crippen MR) is 73.1 cm³/mol. The molecule has 0 fully saturated rings. The fourth-order valence-corrected chi connectivity index (χ4v) is 3.23. The van der Waals surface area contributed by atoms with E-state index in [0.29, 0.717) is 6.42 Å². The maximum Gasteiger partial charge on any atom is 0.307 e. The van der Waals surface area contributed by atoms with Crippen molar-refractivity contribution in [3.05, 3.63) is 28.2 Å². The Hall–Kier alpha value is -0.820. The van der Waals surface area contributed by atoms with Crippen LogP contribution in [0.5, 0.6) is 0 Å². The molecule has 1 aromatic rings. The zero-order chi connectivity index (χ0) is 14.6. The van der Waals surface area contributed by atoms with E-state index in [-0.39, 0.29) is 21.5 Å². The molecule has 0 amide bonds. The lowest BCUT2D eigenvalue weighted by atomic mass is 10.1. The van der Waals surface area contributed by atoms with Gasteiger partial charge in [-0.05, 0) is 18.6 Å². The van der Waals surface area contributed by atoms with Crippen molar-refractivity contribution in [3.63, 3.8) is 0 Å². The highest BCUT2D eigenvalue weighted by molar-refractivity contribution is 7.89. The summed E-state index contributed by atoms with van der Waals surface area (Å²) in [6.07, 6.45) is 0.321. The monoisotopic (exact) mass is 325 g/mol. The minimum atomic E-state index is -3.88. The van der Waals surface area contributed by atoms with Gasteiger partial charge in [-0.2, -0.15) is 0 Å². The summed E-state index contributed by atoms with van der Waals surface area (Å²) < 4.78 is 26.2. The van der Waals surface area contributed by atoms with Gasteiger partial charge in [-0.25, -0.2) is 13.1 Å². The van der Waals surface area contributed by atoms with Crippen LogP contribution in [0.2, 0.25) is 10.0 Å². The minimum Gasteiger partial charge on any atom is -0.481 e. The lowest BCUT2D eigenvalue weighted by molar-refractivity contribution is -0.141. The van der Waals surface area contributed by atoms with Crippen LogP contribution >= 0.6 is 23.2 Å². The summed E-state index contributed by atoms with van der Waals surface area (Å²) in [5.41, 5.74) is 0. The van der Waals surface area contributed by atoms with Crippen molar-refractivity contribution in [3.8, 4) is 0 Å². The molecular formula is C11H13Cl2NO4S. The molecule has 5 nitrogen and oxygen atoms in total. The molecule has 0 aliphatic carbocycles. The van der Waals surface area contributed by atoms with E-state index in [4.69, 9.17) is 28.3 Å². The number of sulfonamides is 1. The van der Waals surface area contributed by atoms with Crippen LogP contribution in [0.15, 0.2) is 23.1 Å². The Balaban J connectivity index is 2.93. The third kappa shape index (κ3) is 4.07. The molecule has 19 heavy (non-hydrogen) atoms. The number of rotatable bonds is 6. The number of aliphatic carboxylic acids is 1. The molecule has 106 valence electrons. The van der Waals surface area contributed by atoms with Gasteiger partial charge in [-0.1, -0.05) is 36.2 Å². The summed E-state index contributed by atoms with van der Waals surface area (Å²) in [7, 11) is -3.88. The molecule has 2 N–H and O–H groups in total. The van der Waals surface area contributed by atoms with Crippen LogP contribution in [0.3, 0.4) is 0 Å². The summed E-state index contributed by atoms with van der Waals surface area (Å²) >= 11 is 11.6. The van der Waals surface area contributed by atoms with Gasteiger partial charge >= 0.3 is 5.97 Å². The van der Waals surface area contributed by atoms with Crippen LogP contribution in [0.1, 0.15) is 13.3 Å². The number of nitrogens with one attached hydrogen (secondary N) is 1. The van der Waals surface area contributed by atoms with E-state index in [2.05, 4.69) is 4.72 Å². The molecule has 0 spiro atoms. The second-order valence-corrected chi connectivity index (χ2v) is 6.37. The first-order valence-corrected chi connectivity index (χ1v) is 7.70. The third-order valence-corrected chi connectivity index (χ3v) is 4.96. The van der Waals surface area contributed by atoms with Crippen molar-refractivity contribution in [2.75, 3.05) is 6.54 Å². The molecule has 0 aromatic heterocycles. The van der Waals surface area contributed by atoms with Crippen molar-refractivity contribution in [1.29, 1.82) is 0 Å². The van der Waals surface area contributed by atoms with Gasteiger partial charge in [0.2, 0.25) is 10.0 Å². The predicted octanol–water partition coefficient (Wildman–Crippen LogP) is 2.38. The maximum atomic E-state index is 12.0. The number of carboxylic acids is 1. The molecule has 1 unspecified atom stereocenters. The third-order valence-electron chi connectivity index (χ3n) is 2.57. The maximum absolute atomic E-state index is 12.0. The topological polar surface area (TPSA) is 83.5 Å². The number of hydrogen-bond acceptors (Lipinski definition) is 3. The molecule has 1 aromatic carbocycles. The highest BCUT2D eigenvalue weighted by Gasteiger charge is 2.22. The molecular weight excluding hydrogens is 313 g/mol. The number of halogens is 2. The van der Waals surface area contributed by atoms with Crippen molar-refractivity contribution in [1.82, 2.24) is 4.72 Å². The Kier molecular flexibility index (Phi) is 5.61. The second kappa shape index (κ2) is 6.56. The average Bonchev–Trinajstić information content (AvgIpc) is 2.32. The Morgan fingerprint density at radius 3 is 2.58 bits per heavy atom. The first-order valence-electron chi connectivity index (χ1n) is 5.46. The van der Waals surface area contributed by atoms with Gasteiger partial charge in [-0.3, -0.25) is 4.79 Å². The molecule has 0 bridgehead atoms. The summed E-state index contributed by atoms with van der Waals surface area (Å²) in [6, 6.07) is 4.23. The normalized spacial score (nSPS) is 13.2. The second-order valence-electron chi connectivity index (χ2n) is 3.85. The minimum absolute atomic E-state index is 0.0833. The zero-order valence-electron chi connectivity index (χ0n) is 10.1. The molecule has 0 heterocycles. The van der Waals surface area contributed by atoms with E-state index in [1.165, 1.54) is 18.2 Å².